The Kier molecular flexibility index (Phi) is 11.5. The topological polar surface area (TPSA) is 145 Å². The number of aldehydes is 1. The van der Waals surface area contributed by atoms with Gasteiger partial charge in [0.1, 0.15) is 17.6 Å². The first-order chi connectivity index (χ1) is 14.8. The number of nitrogens with zero attached hydrogens (tertiary/aromatic N) is 2. The summed E-state index contributed by atoms with van der Waals surface area (Å²) in [7, 11) is 1.19. The predicted octanol–water partition coefficient (Wildman–Crippen LogP) is 2.89. The van der Waals surface area contributed by atoms with Crippen molar-refractivity contribution >= 4 is 46.4 Å². The Bertz CT molecular complexity index is 828. The molecule has 0 aliphatic carbocycles. The Hall–Kier alpha value is -3.02. The first-order valence-electron chi connectivity index (χ1n) is 9.85. The van der Waals surface area contributed by atoms with Crippen molar-refractivity contribution in [1.82, 2.24) is 10.3 Å². The van der Waals surface area contributed by atoms with Gasteiger partial charge in [-0.15, -0.1) is 11.3 Å². The maximum atomic E-state index is 12.5. The molecule has 180 valence electrons. The second-order valence-electron chi connectivity index (χ2n) is 7.60. The van der Waals surface area contributed by atoms with Crippen LogP contribution in [0.25, 0.3) is 0 Å². The van der Waals surface area contributed by atoms with Crippen LogP contribution in [0.3, 0.4) is 0 Å². The highest BCUT2D eigenvalue weighted by Gasteiger charge is 2.32. The van der Waals surface area contributed by atoms with E-state index in [-0.39, 0.29) is 16.5 Å². The van der Waals surface area contributed by atoms with Crippen LogP contribution in [0.2, 0.25) is 0 Å². The van der Waals surface area contributed by atoms with Gasteiger partial charge in [0.05, 0.1) is 13.2 Å². The number of carbonyl (C=O) groups excluding carboxylic acids is 4. The molecule has 0 aromatic carbocycles. The smallest absolute Gasteiger partial charge is 0.413 e. The molecule has 0 bridgehead atoms. The molecule has 32 heavy (non-hydrogen) atoms. The number of nitrogens with one attached hydrogen (secondary N) is 2. The monoisotopic (exact) mass is 472 g/mol. The molecule has 0 spiro atoms. The van der Waals surface area contributed by atoms with Crippen molar-refractivity contribution in [3.8, 4) is 0 Å². The van der Waals surface area contributed by atoms with Crippen molar-refractivity contribution in [2.24, 2.45) is 5.16 Å². The van der Waals surface area contributed by atoms with Gasteiger partial charge in [-0.05, 0) is 41.5 Å². The average molecular weight is 473 g/mol. The molecule has 0 aliphatic rings. The predicted molar refractivity (Wildman–Crippen MR) is 121 cm³/mol. The molecule has 1 heterocycles. The molecular formula is C20H32N4O7S. The van der Waals surface area contributed by atoms with Crippen molar-refractivity contribution in [2.75, 3.05) is 12.4 Å². The van der Waals surface area contributed by atoms with Gasteiger partial charge in [0.2, 0.25) is 5.60 Å². The standard InChI is InChI=1S/C18H26N4O7S.C2H6/c1-10(8-23)19-13(24)12(22-29-18(5,6)14(25)27-7)11-9-30-15(20-11)21-16(26)28-17(2,3)4;1-2/h8-10H,1-7H3,(H,19,24)(H,20,21,26);1-2H3/b22-12-;/t10-;/m0./s1. The van der Waals surface area contributed by atoms with Crippen molar-refractivity contribution in [3.63, 3.8) is 0 Å². The van der Waals surface area contributed by atoms with E-state index in [1.165, 1.54) is 33.3 Å². The molecule has 0 unspecified atom stereocenters. The van der Waals surface area contributed by atoms with Crippen LogP contribution in [-0.2, 0) is 28.7 Å². The molecule has 0 fully saturated rings. The van der Waals surface area contributed by atoms with Crippen LogP contribution in [0, 0.1) is 0 Å². The first-order valence-corrected chi connectivity index (χ1v) is 10.7. The molecule has 0 saturated heterocycles. The lowest BCUT2D eigenvalue weighted by molar-refractivity contribution is -0.165. The van der Waals surface area contributed by atoms with Gasteiger partial charge in [-0.2, -0.15) is 0 Å². The van der Waals surface area contributed by atoms with Crippen LogP contribution in [0.4, 0.5) is 9.93 Å². The van der Waals surface area contributed by atoms with E-state index in [2.05, 4.69) is 25.5 Å². The Balaban J connectivity index is 0.00000466. The maximum absolute atomic E-state index is 12.5. The largest absolute Gasteiger partial charge is 0.466 e. The summed E-state index contributed by atoms with van der Waals surface area (Å²) in [5.74, 6) is -1.47. The van der Waals surface area contributed by atoms with Crippen LogP contribution < -0.4 is 10.6 Å². The molecule has 1 atom stereocenters. The third-order valence-electron chi connectivity index (χ3n) is 3.17. The Morgan fingerprint density at radius 3 is 2.28 bits per heavy atom. The first kappa shape index (κ1) is 29.0. The zero-order chi connectivity index (χ0) is 25.1. The third kappa shape index (κ3) is 9.86. The van der Waals surface area contributed by atoms with E-state index in [1.54, 1.807) is 20.8 Å². The Labute approximate surface area is 191 Å². The lowest BCUT2D eigenvalue weighted by atomic mass is 10.1. The number of hydrogen-bond donors (Lipinski definition) is 2. The van der Waals surface area contributed by atoms with Gasteiger partial charge in [-0.3, -0.25) is 10.1 Å². The summed E-state index contributed by atoms with van der Waals surface area (Å²) in [5.41, 5.74) is -2.42. The van der Waals surface area contributed by atoms with E-state index in [0.717, 1.165) is 11.3 Å². The summed E-state index contributed by atoms with van der Waals surface area (Å²) in [4.78, 5) is 56.4. The minimum absolute atomic E-state index is 0.0577. The highest BCUT2D eigenvalue weighted by molar-refractivity contribution is 7.14. The fourth-order valence-electron chi connectivity index (χ4n) is 1.79. The van der Waals surface area contributed by atoms with E-state index in [0.29, 0.717) is 6.29 Å². The number of rotatable bonds is 8. The maximum Gasteiger partial charge on any atom is 0.413 e. The quantitative estimate of drug-likeness (QED) is 0.254. The SMILES string of the molecule is CC.COC(=O)C(C)(C)O/N=C(\C(=O)N[C@@H](C)C=O)c1csc(NC(=O)OC(C)(C)C)n1. The van der Waals surface area contributed by atoms with Gasteiger partial charge >= 0.3 is 12.1 Å². The van der Waals surface area contributed by atoms with Crippen LogP contribution in [0.5, 0.6) is 0 Å². The number of amides is 2. The molecule has 1 rings (SSSR count). The van der Waals surface area contributed by atoms with Gasteiger partial charge < -0.3 is 24.4 Å². The average Bonchev–Trinajstić information content (AvgIpc) is 3.14. The number of methoxy groups -OCH3 is 1. The number of ether oxygens (including phenoxy) is 2. The van der Waals surface area contributed by atoms with Crippen molar-refractivity contribution < 1.29 is 33.5 Å². The molecule has 2 amide bonds. The van der Waals surface area contributed by atoms with Crippen LogP contribution >= 0.6 is 11.3 Å². The van der Waals surface area contributed by atoms with Crippen molar-refractivity contribution in [3.05, 3.63) is 11.1 Å². The Morgan fingerprint density at radius 1 is 1.19 bits per heavy atom. The lowest BCUT2D eigenvalue weighted by Crippen LogP contribution is -2.40. The highest BCUT2D eigenvalue weighted by atomic mass is 32.1. The number of esters is 1. The van der Waals surface area contributed by atoms with E-state index in [4.69, 9.17) is 9.57 Å². The number of oxime groups is 1. The van der Waals surface area contributed by atoms with Crippen LogP contribution in [0.1, 0.15) is 61.1 Å². The van der Waals surface area contributed by atoms with Crippen molar-refractivity contribution in [2.45, 2.75) is 72.6 Å². The summed E-state index contributed by atoms with van der Waals surface area (Å²) in [5, 5.41) is 10.2. The number of thiazole rings is 1. The van der Waals surface area contributed by atoms with Crippen LogP contribution in [-0.4, -0.2) is 59.3 Å². The van der Waals surface area contributed by atoms with Gasteiger partial charge in [0.15, 0.2) is 10.8 Å². The van der Waals surface area contributed by atoms with Gasteiger partial charge in [-0.25, -0.2) is 14.6 Å². The summed E-state index contributed by atoms with van der Waals surface area (Å²) < 4.78 is 9.78. The Morgan fingerprint density at radius 2 is 1.78 bits per heavy atom. The number of hydrogen-bond acceptors (Lipinski definition) is 10. The molecule has 1 aromatic heterocycles. The van der Waals surface area contributed by atoms with E-state index in [1.807, 2.05) is 13.8 Å². The lowest BCUT2D eigenvalue weighted by Gasteiger charge is -2.19. The third-order valence-corrected chi connectivity index (χ3v) is 3.93. The summed E-state index contributed by atoms with van der Waals surface area (Å²) >= 11 is 1.02. The zero-order valence-electron chi connectivity index (χ0n) is 19.9. The molecular weight excluding hydrogens is 440 g/mol. The molecule has 11 nitrogen and oxygen atoms in total. The van der Waals surface area contributed by atoms with Crippen molar-refractivity contribution in [1.29, 1.82) is 0 Å². The molecule has 0 saturated carbocycles. The number of aromatic nitrogens is 1. The summed E-state index contributed by atoms with van der Waals surface area (Å²) in [6.07, 6.45) is -0.185. The van der Waals surface area contributed by atoms with E-state index >= 15 is 0 Å². The highest BCUT2D eigenvalue weighted by Crippen LogP contribution is 2.19. The fourth-order valence-corrected chi connectivity index (χ4v) is 2.47. The molecule has 0 aliphatic heterocycles. The molecule has 12 heteroatoms. The number of anilines is 1. The minimum Gasteiger partial charge on any atom is -0.466 e. The second kappa shape index (κ2) is 12.7. The fraction of sp³-hybridized carbons (Fsp3) is 0.600. The van der Waals surface area contributed by atoms with E-state index < -0.39 is 35.2 Å². The second-order valence-corrected chi connectivity index (χ2v) is 8.45. The van der Waals surface area contributed by atoms with Crippen LogP contribution in [0.15, 0.2) is 10.5 Å². The van der Waals surface area contributed by atoms with Gasteiger partial charge in [0.25, 0.3) is 5.91 Å². The summed E-state index contributed by atoms with van der Waals surface area (Å²) in [6.45, 7) is 13.4. The normalized spacial score (nSPS) is 12.5. The molecule has 0 radical (unpaired) electrons. The minimum atomic E-state index is -1.48. The van der Waals surface area contributed by atoms with Gasteiger partial charge in [0, 0.05) is 5.38 Å². The number of carbonyl (C=O) groups is 4. The zero-order valence-corrected chi connectivity index (χ0v) is 20.7. The van der Waals surface area contributed by atoms with Gasteiger partial charge in [-0.1, -0.05) is 19.0 Å². The summed E-state index contributed by atoms with van der Waals surface area (Å²) in [6, 6.07) is -0.797. The molecule has 2 N–H and O–H groups in total. The molecule has 1 aromatic rings. The van der Waals surface area contributed by atoms with E-state index in [9.17, 15) is 19.2 Å².